The Labute approximate surface area is 122 Å². The highest BCUT2D eigenvalue weighted by atomic mass is 16.4. The Balaban J connectivity index is 3.49. The van der Waals surface area contributed by atoms with E-state index in [2.05, 4.69) is 49.5 Å². The predicted molar refractivity (Wildman–Crippen MR) is 86.7 cm³/mol. The van der Waals surface area contributed by atoms with Crippen LogP contribution in [0.5, 0.6) is 0 Å². The van der Waals surface area contributed by atoms with Crippen molar-refractivity contribution in [3.63, 3.8) is 0 Å². The molecule has 0 aromatic carbocycles. The summed E-state index contributed by atoms with van der Waals surface area (Å²) in [5.41, 5.74) is 0. The predicted octanol–water partition coefficient (Wildman–Crippen LogP) is 5.21. The van der Waals surface area contributed by atoms with Crippen LogP contribution in [0, 0.1) is 0 Å². The maximum absolute atomic E-state index is 10.2. The fourth-order valence-corrected chi connectivity index (χ4v) is 1.43. The zero-order valence-corrected chi connectivity index (χ0v) is 12.4. The number of carboxylic acids is 1. The van der Waals surface area contributed by atoms with Gasteiger partial charge < -0.3 is 5.11 Å². The largest absolute Gasteiger partial charge is 0.481 e. The number of rotatable bonds is 11. The maximum atomic E-state index is 10.2. The highest BCUT2D eigenvalue weighted by molar-refractivity contribution is 5.68. The van der Waals surface area contributed by atoms with Gasteiger partial charge in [0.1, 0.15) is 0 Å². The summed E-state index contributed by atoms with van der Waals surface area (Å²) in [7, 11) is 0. The van der Waals surface area contributed by atoms with Gasteiger partial charge in [-0.25, -0.2) is 0 Å². The van der Waals surface area contributed by atoms with Crippen LogP contribution in [0.2, 0.25) is 0 Å². The van der Waals surface area contributed by atoms with Gasteiger partial charge in [-0.2, -0.15) is 0 Å². The summed E-state index contributed by atoms with van der Waals surface area (Å²) in [5, 5.41) is 8.43. The van der Waals surface area contributed by atoms with Crippen molar-refractivity contribution in [2.24, 2.45) is 0 Å². The van der Waals surface area contributed by atoms with Crippen LogP contribution >= 0.6 is 0 Å². The standard InChI is InChI=1S/C18H26O2/c1-2-3-4-5-6-7-8-9-10-11-12-13-14-15-16-17-18(19)20/h3-4,6-7,9-10,12-13,15-16H,2,5,8,11,14,17H2,1H3,(H,19,20). The molecular formula is C18H26O2. The van der Waals surface area contributed by atoms with Gasteiger partial charge in [0.2, 0.25) is 0 Å². The Morgan fingerprint density at radius 2 is 1.05 bits per heavy atom. The van der Waals surface area contributed by atoms with Crippen molar-refractivity contribution >= 4 is 5.97 Å². The number of aliphatic carboxylic acids is 1. The van der Waals surface area contributed by atoms with E-state index in [1.165, 1.54) is 0 Å². The summed E-state index contributed by atoms with van der Waals surface area (Å²) in [6, 6.07) is 0. The lowest BCUT2D eigenvalue weighted by Gasteiger charge is -1.85. The molecule has 0 heterocycles. The Hall–Kier alpha value is -1.83. The van der Waals surface area contributed by atoms with E-state index in [1.54, 1.807) is 6.08 Å². The lowest BCUT2D eigenvalue weighted by Crippen LogP contribution is -1.89. The molecule has 110 valence electrons. The van der Waals surface area contributed by atoms with E-state index in [0.717, 1.165) is 32.1 Å². The van der Waals surface area contributed by atoms with Crippen molar-refractivity contribution < 1.29 is 9.90 Å². The Bertz CT molecular complexity index is 371. The highest BCUT2D eigenvalue weighted by Gasteiger charge is 1.87. The maximum Gasteiger partial charge on any atom is 0.307 e. The zero-order valence-electron chi connectivity index (χ0n) is 12.4. The van der Waals surface area contributed by atoms with Crippen LogP contribution in [0.25, 0.3) is 0 Å². The molecule has 0 saturated heterocycles. The van der Waals surface area contributed by atoms with E-state index in [1.807, 2.05) is 12.2 Å². The fraction of sp³-hybridized carbons (Fsp3) is 0.389. The van der Waals surface area contributed by atoms with Crippen molar-refractivity contribution in [3.8, 4) is 0 Å². The molecule has 0 aromatic rings. The smallest absolute Gasteiger partial charge is 0.307 e. The van der Waals surface area contributed by atoms with Crippen molar-refractivity contribution in [2.75, 3.05) is 0 Å². The second-order valence-corrected chi connectivity index (χ2v) is 4.31. The number of allylic oxidation sites excluding steroid dienone is 9. The molecule has 0 bridgehead atoms. The molecule has 0 aliphatic carbocycles. The minimum Gasteiger partial charge on any atom is -0.481 e. The fourth-order valence-electron chi connectivity index (χ4n) is 1.43. The molecular weight excluding hydrogens is 248 g/mol. The van der Waals surface area contributed by atoms with Gasteiger partial charge in [0, 0.05) is 0 Å². The van der Waals surface area contributed by atoms with Crippen molar-refractivity contribution in [1.82, 2.24) is 0 Å². The van der Waals surface area contributed by atoms with E-state index >= 15 is 0 Å². The summed E-state index contributed by atoms with van der Waals surface area (Å²) < 4.78 is 0. The molecule has 0 rings (SSSR count). The molecule has 0 fully saturated rings. The van der Waals surface area contributed by atoms with Gasteiger partial charge in [0.05, 0.1) is 6.42 Å². The number of hydrogen-bond acceptors (Lipinski definition) is 1. The molecule has 0 aliphatic rings. The summed E-state index contributed by atoms with van der Waals surface area (Å²) in [5.74, 6) is -0.786. The van der Waals surface area contributed by atoms with Gasteiger partial charge >= 0.3 is 5.97 Å². The van der Waals surface area contributed by atoms with Crippen LogP contribution in [-0.4, -0.2) is 11.1 Å². The third-order valence-electron chi connectivity index (χ3n) is 2.45. The number of carbonyl (C=O) groups is 1. The molecule has 20 heavy (non-hydrogen) atoms. The zero-order chi connectivity index (χ0) is 14.9. The van der Waals surface area contributed by atoms with Gasteiger partial charge in [-0.15, -0.1) is 0 Å². The Kier molecular flexibility index (Phi) is 13.8. The quantitative estimate of drug-likeness (QED) is 0.525. The summed E-state index contributed by atoms with van der Waals surface area (Å²) >= 11 is 0. The van der Waals surface area contributed by atoms with Gasteiger partial charge in [-0.3, -0.25) is 4.79 Å². The molecule has 0 aromatic heterocycles. The monoisotopic (exact) mass is 274 g/mol. The summed E-state index contributed by atoms with van der Waals surface area (Å²) in [6.45, 7) is 2.14. The second-order valence-electron chi connectivity index (χ2n) is 4.31. The molecule has 0 spiro atoms. The first-order valence-corrected chi connectivity index (χ1v) is 7.24. The second kappa shape index (κ2) is 15.2. The van der Waals surface area contributed by atoms with Crippen molar-refractivity contribution in [1.29, 1.82) is 0 Å². The molecule has 0 amide bonds. The Morgan fingerprint density at radius 3 is 1.40 bits per heavy atom. The summed E-state index contributed by atoms with van der Waals surface area (Å²) in [6.07, 6.45) is 25.6. The van der Waals surface area contributed by atoms with E-state index in [0.29, 0.717) is 0 Å². The Morgan fingerprint density at radius 1 is 0.700 bits per heavy atom. The van der Waals surface area contributed by atoms with Crippen LogP contribution in [-0.2, 0) is 4.79 Å². The average molecular weight is 274 g/mol. The lowest BCUT2D eigenvalue weighted by atomic mass is 10.2. The van der Waals surface area contributed by atoms with Gasteiger partial charge in [0.25, 0.3) is 0 Å². The van der Waals surface area contributed by atoms with Crippen LogP contribution < -0.4 is 0 Å². The van der Waals surface area contributed by atoms with E-state index in [4.69, 9.17) is 5.11 Å². The van der Waals surface area contributed by atoms with Crippen LogP contribution in [0.1, 0.15) is 45.4 Å². The van der Waals surface area contributed by atoms with Gasteiger partial charge in [0.15, 0.2) is 0 Å². The number of hydrogen-bond donors (Lipinski definition) is 1. The summed E-state index contributed by atoms with van der Waals surface area (Å²) in [4.78, 5) is 10.2. The molecule has 0 unspecified atom stereocenters. The third kappa shape index (κ3) is 16.2. The van der Waals surface area contributed by atoms with Crippen LogP contribution in [0.15, 0.2) is 60.8 Å². The molecule has 2 nitrogen and oxygen atoms in total. The SMILES string of the molecule is CCC=CCC=CCC=CCC=CCC=CCC(=O)O. The van der Waals surface area contributed by atoms with Crippen LogP contribution in [0.4, 0.5) is 0 Å². The van der Waals surface area contributed by atoms with Crippen molar-refractivity contribution in [3.05, 3.63) is 60.8 Å². The molecule has 1 N–H and O–H groups in total. The first-order valence-electron chi connectivity index (χ1n) is 7.24. The highest BCUT2D eigenvalue weighted by Crippen LogP contribution is 1.95. The third-order valence-corrected chi connectivity index (χ3v) is 2.45. The first kappa shape index (κ1) is 18.2. The van der Waals surface area contributed by atoms with E-state index < -0.39 is 5.97 Å². The van der Waals surface area contributed by atoms with Crippen LogP contribution in [0.3, 0.4) is 0 Å². The van der Waals surface area contributed by atoms with E-state index in [9.17, 15) is 4.79 Å². The molecule has 2 heteroatoms. The van der Waals surface area contributed by atoms with Gasteiger partial charge in [-0.1, -0.05) is 67.7 Å². The number of carboxylic acid groups (broad SMARTS) is 1. The molecule has 0 radical (unpaired) electrons. The minimum absolute atomic E-state index is 0.105. The molecule has 0 saturated carbocycles. The average Bonchev–Trinajstić information content (AvgIpc) is 2.43. The minimum atomic E-state index is -0.786. The van der Waals surface area contributed by atoms with E-state index in [-0.39, 0.29) is 6.42 Å². The first-order chi connectivity index (χ1) is 9.77. The van der Waals surface area contributed by atoms with Gasteiger partial charge in [-0.05, 0) is 32.1 Å². The normalized spacial score (nSPS) is 12.8. The lowest BCUT2D eigenvalue weighted by molar-refractivity contribution is -0.136. The molecule has 0 atom stereocenters. The molecule has 0 aliphatic heterocycles. The topological polar surface area (TPSA) is 37.3 Å². The van der Waals surface area contributed by atoms with Crippen molar-refractivity contribution in [2.45, 2.75) is 45.4 Å².